The van der Waals surface area contributed by atoms with Gasteiger partial charge in [-0.05, 0) is 12.8 Å². The molecule has 0 fully saturated rings. The molecule has 0 aliphatic heterocycles. The fourth-order valence-electron chi connectivity index (χ4n) is 7.36. The molecule has 0 aliphatic carbocycles. The van der Waals surface area contributed by atoms with E-state index in [4.69, 9.17) is 0 Å². The number of amides is 1. The fraction of sp³-hybridized carbons (Fsp3) is 0.978. The molecule has 0 aromatic rings. The second-order valence-corrected chi connectivity index (χ2v) is 15.8. The highest BCUT2D eigenvalue weighted by atomic mass is 16.3. The third-order valence-electron chi connectivity index (χ3n) is 10.9. The number of carbonyl (C=O) groups is 1. The van der Waals surface area contributed by atoms with E-state index in [1.54, 1.807) is 0 Å². The van der Waals surface area contributed by atoms with Gasteiger partial charge < -0.3 is 15.5 Å². The third-order valence-corrected chi connectivity index (χ3v) is 10.9. The van der Waals surface area contributed by atoms with Gasteiger partial charge in [0.1, 0.15) is 0 Å². The zero-order valence-corrected chi connectivity index (χ0v) is 33.7. The monoisotopic (exact) mass is 694 g/mol. The molecule has 3 N–H and O–H groups in total. The Kier molecular flexibility index (Phi) is 41.3. The SMILES string of the molecule is CCCCCCCCCCCCCCCCCCCCCCCCCCCCC(=O)NC(CO)C(O)CCCCCCCCCCCCC. The molecule has 49 heavy (non-hydrogen) atoms. The molecule has 0 saturated heterocycles. The van der Waals surface area contributed by atoms with Gasteiger partial charge >= 0.3 is 0 Å². The van der Waals surface area contributed by atoms with Crippen molar-refractivity contribution < 1.29 is 15.0 Å². The summed E-state index contributed by atoms with van der Waals surface area (Å²) >= 11 is 0. The topological polar surface area (TPSA) is 69.6 Å². The summed E-state index contributed by atoms with van der Waals surface area (Å²) < 4.78 is 0. The van der Waals surface area contributed by atoms with Crippen LogP contribution in [0, 0.1) is 0 Å². The molecule has 0 heterocycles. The van der Waals surface area contributed by atoms with E-state index in [2.05, 4.69) is 19.2 Å². The van der Waals surface area contributed by atoms with Crippen LogP contribution in [0.1, 0.15) is 264 Å². The lowest BCUT2D eigenvalue weighted by atomic mass is 10.0. The zero-order valence-electron chi connectivity index (χ0n) is 33.7. The average molecular weight is 694 g/mol. The smallest absolute Gasteiger partial charge is 0.220 e. The van der Waals surface area contributed by atoms with Crippen molar-refractivity contribution in [2.45, 2.75) is 276 Å². The Hall–Kier alpha value is -0.610. The number of unbranched alkanes of at least 4 members (excludes halogenated alkanes) is 35. The second kappa shape index (κ2) is 41.8. The zero-order chi connectivity index (χ0) is 35.7. The van der Waals surface area contributed by atoms with Gasteiger partial charge in [-0.2, -0.15) is 0 Å². The lowest BCUT2D eigenvalue weighted by molar-refractivity contribution is -0.123. The first-order valence-corrected chi connectivity index (χ1v) is 22.7. The maximum Gasteiger partial charge on any atom is 0.220 e. The minimum absolute atomic E-state index is 0.0265. The van der Waals surface area contributed by atoms with E-state index >= 15 is 0 Å². The van der Waals surface area contributed by atoms with Crippen molar-refractivity contribution in [3.05, 3.63) is 0 Å². The lowest BCUT2D eigenvalue weighted by Gasteiger charge is -2.22. The van der Waals surface area contributed by atoms with Gasteiger partial charge in [0.25, 0.3) is 0 Å². The predicted molar refractivity (Wildman–Crippen MR) is 216 cm³/mol. The fourth-order valence-corrected chi connectivity index (χ4v) is 7.36. The van der Waals surface area contributed by atoms with Gasteiger partial charge in [0.2, 0.25) is 5.91 Å². The van der Waals surface area contributed by atoms with Crippen LogP contribution < -0.4 is 5.32 Å². The highest BCUT2D eigenvalue weighted by Gasteiger charge is 2.20. The van der Waals surface area contributed by atoms with E-state index in [0.717, 1.165) is 25.7 Å². The van der Waals surface area contributed by atoms with Crippen LogP contribution >= 0.6 is 0 Å². The maximum atomic E-state index is 12.4. The highest BCUT2D eigenvalue weighted by Crippen LogP contribution is 2.17. The predicted octanol–water partition coefficient (Wildman–Crippen LogP) is 14.1. The molecule has 1 amide bonds. The Bertz CT molecular complexity index is 626. The van der Waals surface area contributed by atoms with Crippen LogP contribution in [0.5, 0.6) is 0 Å². The van der Waals surface area contributed by atoms with Crippen LogP contribution in [0.25, 0.3) is 0 Å². The molecule has 2 unspecified atom stereocenters. The Labute approximate surface area is 308 Å². The first-order valence-electron chi connectivity index (χ1n) is 22.7. The summed E-state index contributed by atoms with van der Waals surface area (Å²) in [4.78, 5) is 12.4. The Morgan fingerprint density at radius 1 is 0.408 bits per heavy atom. The Balaban J connectivity index is 3.39. The average Bonchev–Trinajstić information content (AvgIpc) is 3.10. The number of nitrogens with one attached hydrogen (secondary N) is 1. The molecule has 2 atom stereocenters. The summed E-state index contributed by atoms with van der Waals surface area (Å²) in [6.07, 6.45) is 50.5. The molecule has 0 saturated carbocycles. The number of aliphatic hydroxyl groups excluding tert-OH is 2. The molecular weight excluding hydrogens is 602 g/mol. The molecule has 4 nitrogen and oxygen atoms in total. The second-order valence-electron chi connectivity index (χ2n) is 15.8. The molecule has 0 bridgehead atoms. The van der Waals surface area contributed by atoms with Crippen LogP contribution in [-0.4, -0.2) is 34.9 Å². The molecule has 0 rings (SSSR count). The van der Waals surface area contributed by atoms with Gasteiger partial charge in [-0.3, -0.25) is 4.79 Å². The van der Waals surface area contributed by atoms with Crippen LogP contribution in [-0.2, 0) is 4.79 Å². The van der Waals surface area contributed by atoms with E-state index in [1.165, 1.54) is 212 Å². The number of hydrogen-bond acceptors (Lipinski definition) is 3. The largest absolute Gasteiger partial charge is 0.394 e. The van der Waals surface area contributed by atoms with E-state index in [0.29, 0.717) is 12.8 Å². The van der Waals surface area contributed by atoms with Gasteiger partial charge in [0, 0.05) is 6.42 Å². The van der Waals surface area contributed by atoms with Gasteiger partial charge in [-0.25, -0.2) is 0 Å². The Morgan fingerprint density at radius 3 is 0.918 bits per heavy atom. The molecule has 0 aromatic heterocycles. The molecule has 0 aliphatic rings. The van der Waals surface area contributed by atoms with Crippen molar-refractivity contribution in [3.8, 4) is 0 Å². The first-order chi connectivity index (χ1) is 24.2. The van der Waals surface area contributed by atoms with E-state index in [1.807, 2.05) is 0 Å². The number of rotatable bonds is 42. The summed E-state index contributed by atoms with van der Waals surface area (Å²) in [6.45, 7) is 4.37. The quantitative estimate of drug-likeness (QED) is 0.0557. The number of aliphatic hydroxyl groups is 2. The van der Waals surface area contributed by atoms with E-state index in [9.17, 15) is 15.0 Å². The highest BCUT2D eigenvalue weighted by molar-refractivity contribution is 5.76. The lowest BCUT2D eigenvalue weighted by Crippen LogP contribution is -2.45. The Morgan fingerprint density at radius 2 is 0.653 bits per heavy atom. The molecule has 294 valence electrons. The summed E-state index contributed by atoms with van der Waals surface area (Å²) in [5, 5.41) is 23.1. The first kappa shape index (κ1) is 48.4. The number of carbonyl (C=O) groups excluding carboxylic acids is 1. The van der Waals surface area contributed by atoms with Crippen molar-refractivity contribution in [3.63, 3.8) is 0 Å². The van der Waals surface area contributed by atoms with Gasteiger partial charge in [-0.15, -0.1) is 0 Å². The van der Waals surface area contributed by atoms with Crippen molar-refractivity contribution >= 4 is 5.91 Å². The van der Waals surface area contributed by atoms with Gasteiger partial charge in [-0.1, -0.05) is 245 Å². The maximum absolute atomic E-state index is 12.4. The van der Waals surface area contributed by atoms with E-state index < -0.39 is 12.1 Å². The van der Waals surface area contributed by atoms with Crippen LogP contribution in [0.4, 0.5) is 0 Å². The van der Waals surface area contributed by atoms with E-state index in [-0.39, 0.29) is 12.5 Å². The summed E-state index contributed by atoms with van der Waals surface area (Å²) in [5.74, 6) is -0.0265. The van der Waals surface area contributed by atoms with Crippen molar-refractivity contribution in [2.24, 2.45) is 0 Å². The van der Waals surface area contributed by atoms with Crippen LogP contribution in [0.2, 0.25) is 0 Å². The van der Waals surface area contributed by atoms with Crippen molar-refractivity contribution in [1.29, 1.82) is 0 Å². The summed E-state index contributed by atoms with van der Waals surface area (Å²) in [5.41, 5.74) is 0. The normalized spacial score (nSPS) is 12.8. The molecule has 0 aromatic carbocycles. The molecule has 4 heteroatoms. The molecular formula is C45H91NO3. The molecule has 0 radical (unpaired) electrons. The number of hydrogen-bond donors (Lipinski definition) is 3. The summed E-state index contributed by atoms with van der Waals surface area (Å²) in [7, 11) is 0. The van der Waals surface area contributed by atoms with Crippen LogP contribution in [0.3, 0.4) is 0 Å². The minimum atomic E-state index is -0.651. The third kappa shape index (κ3) is 38.5. The minimum Gasteiger partial charge on any atom is -0.394 e. The standard InChI is InChI=1S/C45H91NO3/c1-3-5-7-9-11-13-15-16-17-18-19-20-21-22-23-24-25-26-27-28-29-31-33-35-37-39-41-45(49)46-43(42-47)44(48)40-38-36-34-32-30-14-12-10-8-6-4-2/h43-44,47-48H,3-42H2,1-2H3,(H,46,49). The summed E-state index contributed by atoms with van der Waals surface area (Å²) in [6, 6.07) is -0.528. The van der Waals surface area contributed by atoms with Crippen molar-refractivity contribution in [1.82, 2.24) is 5.32 Å². The molecule has 0 spiro atoms. The van der Waals surface area contributed by atoms with Crippen molar-refractivity contribution in [2.75, 3.05) is 6.61 Å². The van der Waals surface area contributed by atoms with Crippen LogP contribution in [0.15, 0.2) is 0 Å². The van der Waals surface area contributed by atoms with Gasteiger partial charge in [0.05, 0.1) is 18.8 Å². The van der Waals surface area contributed by atoms with Gasteiger partial charge in [0.15, 0.2) is 0 Å².